The van der Waals surface area contributed by atoms with Gasteiger partial charge in [0.05, 0.1) is 29.6 Å². The largest absolute Gasteiger partial charge is 0.493 e. The van der Waals surface area contributed by atoms with Gasteiger partial charge in [0.2, 0.25) is 5.91 Å². The number of anilines is 1. The molecule has 0 unspecified atom stereocenters. The first-order chi connectivity index (χ1) is 17.4. The first kappa shape index (κ1) is 26.2. The fourth-order valence-corrected chi connectivity index (χ4v) is 6.34. The van der Waals surface area contributed by atoms with Gasteiger partial charge in [-0.25, -0.2) is 4.79 Å². The Labute approximate surface area is 219 Å². The zero-order chi connectivity index (χ0) is 25.7. The highest BCUT2D eigenvalue weighted by Crippen LogP contribution is 2.39. The van der Waals surface area contributed by atoms with Crippen molar-refractivity contribution in [3.8, 4) is 17.1 Å². The lowest BCUT2D eigenvalue weighted by Crippen LogP contribution is -2.19. The minimum atomic E-state index is -0.365. The van der Waals surface area contributed by atoms with Gasteiger partial charge < -0.3 is 19.4 Å². The maximum Gasteiger partial charge on any atom is 0.341 e. The molecule has 3 aromatic rings. The average molecular weight is 529 g/mol. The van der Waals surface area contributed by atoms with Crippen LogP contribution in [0.1, 0.15) is 61.3 Å². The monoisotopic (exact) mass is 528 g/mol. The second-order valence-corrected chi connectivity index (χ2v) is 10.7. The predicted molar refractivity (Wildman–Crippen MR) is 143 cm³/mol. The van der Waals surface area contributed by atoms with E-state index in [0.717, 1.165) is 42.6 Å². The standard InChI is InChI=1S/C26H32N4O4S2/c1-5-30-23(17-11-7-9-13-19(17)33-6-2)28-29-26(30)35-15-21(31)27-24-22(25(32)34-16(3)4)18-12-8-10-14-20(18)36-24/h7,9,11,13,16H,5-6,8,10,12,14-15H2,1-4H3,(H,27,31). The molecule has 8 nitrogen and oxygen atoms in total. The van der Waals surface area contributed by atoms with Crippen LogP contribution in [0.2, 0.25) is 0 Å². The van der Waals surface area contributed by atoms with Gasteiger partial charge in [0.15, 0.2) is 11.0 Å². The van der Waals surface area contributed by atoms with Crippen molar-refractivity contribution in [2.24, 2.45) is 0 Å². The zero-order valence-corrected chi connectivity index (χ0v) is 22.8. The van der Waals surface area contributed by atoms with E-state index >= 15 is 0 Å². The van der Waals surface area contributed by atoms with Gasteiger partial charge in [-0.1, -0.05) is 23.9 Å². The zero-order valence-electron chi connectivity index (χ0n) is 21.1. The molecule has 192 valence electrons. The van der Waals surface area contributed by atoms with Crippen LogP contribution in [0.15, 0.2) is 29.4 Å². The van der Waals surface area contributed by atoms with Crippen molar-refractivity contribution in [3.63, 3.8) is 0 Å². The molecule has 36 heavy (non-hydrogen) atoms. The number of esters is 1. The Balaban J connectivity index is 1.50. The number of rotatable bonds is 10. The summed E-state index contributed by atoms with van der Waals surface area (Å²) in [5.41, 5.74) is 2.42. The molecule has 0 fully saturated rings. The molecule has 0 saturated heterocycles. The maximum atomic E-state index is 13.0. The second-order valence-electron chi connectivity index (χ2n) is 8.69. The Morgan fingerprint density at radius 2 is 1.94 bits per heavy atom. The van der Waals surface area contributed by atoms with E-state index < -0.39 is 0 Å². The van der Waals surface area contributed by atoms with Crippen molar-refractivity contribution >= 4 is 40.0 Å². The number of aromatic nitrogens is 3. The first-order valence-electron chi connectivity index (χ1n) is 12.4. The minimum Gasteiger partial charge on any atom is -0.493 e. The SMILES string of the molecule is CCOc1ccccc1-c1nnc(SCC(=O)Nc2sc3c(c2C(=O)OC(C)C)CCCC3)n1CC. The van der Waals surface area contributed by atoms with E-state index in [2.05, 4.69) is 15.5 Å². The smallest absolute Gasteiger partial charge is 0.341 e. The van der Waals surface area contributed by atoms with Crippen molar-refractivity contribution in [2.75, 3.05) is 17.7 Å². The summed E-state index contributed by atoms with van der Waals surface area (Å²) in [5.74, 6) is 1.04. The third kappa shape index (κ3) is 5.75. The molecule has 4 rings (SSSR count). The number of fused-ring (bicyclic) bond motifs is 1. The Bertz CT molecular complexity index is 1230. The number of aryl methyl sites for hydroxylation is 1. The number of thiophene rings is 1. The Hall–Kier alpha value is -2.85. The molecule has 0 saturated carbocycles. The van der Waals surface area contributed by atoms with E-state index in [1.54, 1.807) is 0 Å². The molecule has 2 heterocycles. The Morgan fingerprint density at radius 1 is 1.17 bits per heavy atom. The van der Waals surface area contributed by atoms with Crippen molar-refractivity contribution in [2.45, 2.75) is 71.2 Å². The number of hydrogen-bond acceptors (Lipinski definition) is 8. The van der Waals surface area contributed by atoms with Crippen molar-refractivity contribution < 1.29 is 19.1 Å². The number of amides is 1. The van der Waals surface area contributed by atoms with E-state index in [-0.39, 0.29) is 23.7 Å². The van der Waals surface area contributed by atoms with Gasteiger partial charge in [-0.15, -0.1) is 21.5 Å². The highest BCUT2D eigenvalue weighted by atomic mass is 32.2. The van der Waals surface area contributed by atoms with E-state index in [0.29, 0.717) is 34.7 Å². The fourth-order valence-electron chi connectivity index (χ4n) is 4.25. The molecule has 0 radical (unpaired) electrons. The highest BCUT2D eigenvalue weighted by molar-refractivity contribution is 7.99. The lowest BCUT2D eigenvalue weighted by molar-refractivity contribution is -0.113. The summed E-state index contributed by atoms with van der Waals surface area (Å²) in [6, 6.07) is 7.74. The third-order valence-corrected chi connectivity index (χ3v) is 7.94. The van der Waals surface area contributed by atoms with Crippen LogP contribution in [0, 0.1) is 0 Å². The summed E-state index contributed by atoms with van der Waals surface area (Å²) in [5, 5.41) is 12.9. The molecule has 1 N–H and O–H groups in total. The topological polar surface area (TPSA) is 95.3 Å². The van der Waals surface area contributed by atoms with Crippen LogP contribution in [0.25, 0.3) is 11.4 Å². The molecule has 0 atom stereocenters. The highest BCUT2D eigenvalue weighted by Gasteiger charge is 2.28. The lowest BCUT2D eigenvalue weighted by Gasteiger charge is -2.14. The van der Waals surface area contributed by atoms with Gasteiger partial charge in [-0.3, -0.25) is 4.79 Å². The van der Waals surface area contributed by atoms with Gasteiger partial charge in [0.1, 0.15) is 10.8 Å². The molecule has 1 aliphatic rings. The molecule has 0 spiro atoms. The van der Waals surface area contributed by atoms with Crippen LogP contribution in [0.4, 0.5) is 5.00 Å². The van der Waals surface area contributed by atoms with E-state index in [9.17, 15) is 9.59 Å². The molecular weight excluding hydrogens is 496 g/mol. The van der Waals surface area contributed by atoms with Gasteiger partial charge in [-0.2, -0.15) is 0 Å². The fraction of sp³-hybridized carbons (Fsp3) is 0.462. The quantitative estimate of drug-likeness (QED) is 0.270. The van der Waals surface area contributed by atoms with E-state index in [1.807, 2.05) is 56.5 Å². The van der Waals surface area contributed by atoms with E-state index in [4.69, 9.17) is 9.47 Å². The summed E-state index contributed by atoms with van der Waals surface area (Å²) in [7, 11) is 0. The number of ether oxygens (including phenoxy) is 2. The third-order valence-electron chi connectivity index (χ3n) is 5.76. The molecule has 0 bridgehead atoms. The number of nitrogens with one attached hydrogen (secondary N) is 1. The van der Waals surface area contributed by atoms with Crippen molar-refractivity contribution in [3.05, 3.63) is 40.3 Å². The number of carbonyl (C=O) groups excluding carboxylic acids is 2. The lowest BCUT2D eigenvalue weighted by atomic mass is 9.95. The number of hydrogen-bond donors (Lipinski definition) is 1. The molecule has 2 aromatic heterocycles. The minimum absolute atomic E-state index is 0.145. The van der Waals surface area contributed by atoms with Crippen LogP contribution < -0.4 is 10.1 Å². The molecular formula is C26H32N4O4S2. The van der Waals surface area contributed by atoms with Gasteiger partial charge in [-0.05, 0) is 71.1 Å². The summed E-state index contributed by atoms with van der Waals surface area (Å²) >= 11 is 2.81. The molecule has 0 aliphatic heterocycles. The predicted octanol–water partition coefficient (Wildman–Crippen LogP) is 5.60. The van der Waals surface area contributed by atoms with Crippen molar-refractivity contribution in [1.29, 1.82) is 0 Å². The first-order valence-corrected chi connectivity index (χ1v) is 14.2. The normalized spacial score (nSPS) is 12.9. The maximum absolute atomic E-state index is 13.0. The molecule has 10 heteroatoms. The van der Waals surface area contributed by atoms with Crippen LogP contribution in [-0.4, -0.2) is 45.1 Å². The van der Waals surface area contributed by atoms with Gasteiger partial charge >= 0.3 is 5.97 Å². The summed E-state index contributed by atoms with van der Waals surface area (Å²) in [4.78, 5) is 27.0. The Morgan fingerprint density at radius 3 is 2.69 bits per heavy atom. The van der Waals surface area contributed by atoms with Gasteiger partial charge in [0.25, 0.3) is 0 Å². The molecule has 1 amide bonds. The molecule has 1 aliphatic carbocycles. The summed E-state index contributed by atoms with van der Waals surface area (Å²) in [6.07, 6.45) is 3.67. The van der Waals surface area contributed by atoms with Crippen LogP contribution in [0.5, 0.6) is 5.75 Å². The summed E-state index contributed by atoms with van der Waals surface area (Å²) < 4.78 is 13.2. The van der Waals surface area contributed by atoms with Gasteiger partial charge in [0, 0.05) is 11.4 Å². The van der Waals surface area contributed by atoms with Crippen LogP contribution >= 0.6 is 23.1 Å². The van der Waals surface area contributed by atoms with Crippen molar-refractivity contribution in [1.82, 2.24) is 14.8 Å². The van der Waals surface area contributed by atoms with Crippen LogP contribution in [-0.2, 0) is 28.9 Å². The number of nitrogens with zero attached hydrogens (tertiary/aromatic N) is 3. The number of benzene rings is 1. The number of para-hydroxylation sites is 1. The summed E-state index contributed by atoms with van der Waals surface area (Å²) in [6.45, 7) is 8.82. The average Bonchev–Trinajstić information content (AvgIpc) is 3.43. The number of carbonyl (C=O) groups is 2. The second kappa shape index (κ2) is 11.9. The Kier molecular flexibility index (Phi) is 8.68. The van der Waals surface area contributed by atoms with E-state index in [1.165, 1.54) is 28.0 Å². The molecule has 1 aromatic carbocycles. The van der Waals surface area contributed by atoms with Crippen LogP contribution in [0.3, 0.4) is 0 Å². The number of thioether (sulfide) groups is 1.